The third-order valence-electron chi connectivity index (χ3n) is 3.24. The number of aromatic nitrogens is 1. The summed E-state index contributed by atoms with van der Waals surface area (Å²) in [5.41, 5.74) is -0.439. The molecule has 1 unspecified atom stereocenters. The quantitative estimate of drug-likeness (QED) is 0.876. The van der Waals surface area contributed by atoms with Crippen molar-refractivity contribution in [3.63, 3.8) is 0 Å². The summed E-state index contributed by atoms with van der Waals surface area (Å²) in [6, 6.07) is 0.571. The lowest BCUT2D eigenvalue weighted by molar-refractivity contribution is 0.0235. The van der Waals surface area contributed by atoms with Gasteiger partial charge in [0.05, 0.1) is 6.04 Å². The molecule has 1 saturated carbocycles. The Bertz CT molecular complexity index is 452. The van der Waals surface area contributed by atoms with Gasteiger partial charge in [-0.2, -0.15) is 0 Å². The van der Waals surface area contributed by atoms with Crippen LogP contribution in [-0.4, -0.2) is 40.7 Å². The van der Waals surface area contributed by atoms with Crippen molar-refractivity contribution in [2.45, 2.75) is 58.2 Å². The molecule has 118 valence electrons. The van der Waals surface area contributed by atoms with Gasteiger partial charge in [0.15, 0.2) is 0 Å². The number of nitrogens with one attached hydrogen (secondary N) is 1. The number of nitrogens with zero attached hydrogens (tertiary/aromatic N) is 2. The average molecular weight is 311 g/mol. The Hall–Kier alpha value is -1.14. The second-order valence-electron chi connectivity index (χ2n) is 6.45. The number of hydrogen-bond acceptors (Lipinski definition) is 5. The maximum absolute atomic E-state index is 12.2. The van der Waals surface area contributed by atoms with Crippen molar-refractivity contribution in [1.29, 1.82) is 0 Å². The number of hydrogen-bond donors (Lipinski definition) is 1. The van der Waals surface area contributed by atoms with Crippen LogP contribution in [-0.2, 0) is 4.74 Å². The van der Waals surface area contributed by atoms with E-state index in [2.05, 4.69) is 17.2 Å². The SMILES string of the molecule is CC(NCCN(C(=O)OC(C)(C)C)C1CC1)c1nccs1. The number of amides is 1. The Morgan fingerprint density at radius 3 is 2.81 bits per heavy atom. The topological polar surface area (TPSA) is 54.5 Å². The molecule has 0 radical (unpaired) electrons. The van der Waals surface area contributed by atoms with Gasteiger partial charge in [-0.3, -0.25) is 0 Å². The largest absolute Gasteiger partial charge is 0.444 e. The zero-order valence-electron chi connectivity index (χ0n) is 13.3. The van der Waals surface area contributed by atoms with Crippen LogP contribution >= 0.6 is 11.3 Å². The molecular weight excluding hydrogens is 286 g/mol. The second-order valence-corrected chi connectivity index (χ2v) is 7.38. The molecule has 1 aromatic rings. The van der Waals surface area contributed by atoms with E-state index in [1.54, 1.807) is 11.3 Å². The zero-order chi connectivity index (χ0) is 15.5. The van der Waals surface area contributed by atoms with Gasteiger partial charge in [-0.25, -0.2) is 9.78 Å². The van der Waals surface area contributed by atoms with Crippen molar-refractivity contribution < 1.29 is 9.53 Å². The van der Waals surface area contributed by atoms with Gasteiger partial charge in [0, 0.05) is 30.7 Å². The molecule has 1 heterocycles. The third kappa shape index (κ3) is 5.28. The molecule has 0 aliphatic heterocycles. The molecule has 1 aliphatic rings. The fraction of sp³-hybridized carbons (Fsp3) is 0.733. The minimum Gasteiger partial charge on any atom is -0.444 e. The summed E-state index contributed by atoms with van der Waals surface area (Å²) in [6.07, 6.45) is 3.78. The standard InChI is InChI=1S/C15H25N3O2S/c1-11(13-17-8-10-21-13)16-7-9-18(12-5-6-12)14(19)20-15(2,3)4/h8,10-12,16H,5-7,9H2,1-4H3. The molecule has 0 aromatic carbocycles. The maximum Gasteiger partial charge on any atom is 0.410 e. The lowest BCUT2D eigenvalue weighted by Crippen LogP contribution is -2.42. The van der Waals surface area contributed by atoms with Crippen LogP contribution in [0.5, 0.6) is 0 Å². The first-order valence-electron chi connectivity index (χ1n) is 7.49. The first-order valence-corrected chi connectivity index (χ1v) is 8.37. The van der Waals surface area contributed by atoms with Crippen molar-refractivity contribution >= 4 is 17.4 Å². The molecule has 1 aliphatic carbocycles. The summed E-state index contributed by atoms with van der Waals surface area (Å²) in [4.78, 5) is 18.4. The van der Waals surface area contributed by atoms with Crippen LogP contribution in [0.25, 0.3) is 0 Å². The van der Waals surface area contributed by atoms with Gasteiger partial charge in [0.25, 0.3) is 0 Å². The van der Waals surface area contributed by atoms with E-state index in [9.17, 15) is 4.79 Å². The molecule has 0 saturated heterocycles. The monoisotopic (exact) mass is 311 g/mol. The highest BCUT2D eigenvalue weighted by atomic mass is 32.1. The van der Waals surface area contributed by atoms with Gasteiger partial charge in [0.2, 0.25) is 0 Å². The highest BCUT2D eigenvalue weighted by Crippen LogP contribution is 2.28. The van der Waals surface area contributed by atoms with E-state index in [1.165, 1.54) is 0 Å². The molecule has 0 bridgehead atoms. The van der Waals surface area contributed by atoms with Crippen LogP contribution < -0.4 is 5.32 Å². The van der Waals surface area contributed by atoms with Gasteiger partial charge in [-0.1, -0.05) is 0 Å². The summed E-state index contributed by atoms with van der Waals surface area (Å²) >= 11 is 1.64. The Balaban J connectivity index is 1.79. The average Bonchev–Trinajstić information content (AvgIpc) is 3.04. The van der Waals surface area contributed by atoms with Crippen molar-refractivity contribution in [2.75, 3.05) is 13.1 Å². The molecule has 6 heteroatoms. The van der Waals surface area contributed by atoms with E-state index in [1.807, 2.05) is 37.2 Å². The van der Waals surface area contributed by atoms with Gasteiger partial charge in [-0.05, 0) is 40.5 Å². The van der Waals surface area contributed by atoms with Crippen LogP contribution in [0, 0.1) is 0 Å². The summed E-state index contributed by atoms with van der Waals surface area (Å²) in [7, 11) is 0. The Labute approximate surface area is 130 Å². The highest BCUT2D eigenvalue weighted by Gasteiger charge is 2.34. The smallest absolute Gasteiger partial charge is 0.410 e. The predicted octanol–water partition coefficient (Wildman–Crippen LogP) is 3.19. The van der Waals surface area contributed by atoms with Gasteiger partial charge in [0.1, 0.15) is 10.6 Å². The van der Waals surface area contributed by atoms with Crippen LogP contribution in [0.15, 0.2) is 11.6 Å². The predicted molar refractivity (Wildman–Crippen MR) is 84.5 cm³/mol. The van der Waals surface area contributed by atoms with E-state index in [0.717, 1.165) is 24.4 Å². The van der Waals surface area contributed by atoms with Crippen molar-refractivity contribution in [3.05, 3.63) is 16.6 Å². The van der Waals surface area contributed by atoms with E-state index in [0.29, 0.717) is 12.6 Å². The Kier molecular flexibility index (Phi) is 5.22. The van der Waals surface area contributed by atoms with E-state index in [4.69, 9.17) is 4.74 Å². The molecule has 2 rings (SSSR count). The Morgan fingerprint density at radius 2 is 2.29 bits per heavy atom. The Morgan fingerprint density at radius 1 is 1.57 bits per heavy atom. The summed E-state index contributed by atoms with van der Waals surface area (Å²) in [6.45, 7) is 9.22. The third-order valence-corrected chi connectivity index (χ3v) is 4.20. The molecule has 21 heavy (non-hydrogen) atoms. The summed E-state index contributed by atoms with van der Waals surface area (Å²) in [5.74, 6) is 0. The zero-order valence-corrected chi connectivity index (χ0v) is 14.1. The number of ether oxygens (including phenoxy) is 1. The first-order chi connectivity index (χ1) is 9.87. The number of thiazole rings is 1. The van der Waals surface area contributed by atoms with Crippen molar-refractivity contribution in [3.8, 4) is 0 Å². The molecule has 1 amide bonds. The second kappa shape index (κ2) is 6.75. The fourth-order valence-corrected chi connectivity index (χ4v) is 2.74. The highest BCUT2D eigenvalue weighted by molar-refractivity contribution is 7.09. The molecule has 1 atom stereocenters. The molecule has 5 nitrogen and oxygen atoms in total. The normalized spacial score (nSPS) is 16.6. The number of carbonyl (C=O) groups excluding carboxylic acids is 1. The van der Waals surface area contributed by atoms with Gasteiger partial charge < -0.3 is 15.0 Å². The summed E-state index contributed by atoms with van der Waals surface area (Å²) in [5, 5.41) is 6.47. The lowest BCUT2D eigenvalue weighted by atomic mass is 10.2. The van der Waals surface area contributed by atoms with E-state index in [-0.39, 0.29) is 12.1 Å². The maximum atomic E-state index is 12.2. The first kappa shape index (κ1) is 16.2. The van der Waals surface area contributed by atoms with Crippen molar-refractivity contribution in [1.82, 2.24) is 15.2 Å². The van der Waals surface area contributed by atoms with Crippen LogP contribution in [0.4, 0.5) is 4.79 Å². The van der Waals surface area contributed by atoms with Crippen LogP contribution in [0.3, 0.4) is 0 Å². The molecule has 0 spiro atoms. The summed E-state index contributed by atoms with van der Waals surface area (Å²) < 4.78 is 5.48. The van der Waals surface area contributed by atoms with Gasteiger partial charge >= 0.3 is 6.09 Å². The minimum atomic E-state index is -0.439. The lowest BCUT2D eigenvalue weighted by Gasteiger charge is -2.27. The molecule has 1 aromatic heterocycles. The van der Waals surface area contributed by atoms with E-state index < -0.39 is 5.60 Å². The van der Waals surface area contributed by atoms with Crippen LogP contribution in [0.2, 0.25) is 0 Å². The van der Waals surface area contributed by atoms with Crippen LogP contribution in [0.1, 0.15) is 51.6 Å². The number of carbonyl (C=O) groups is 1. The van der Waals surface area contributed by atoms with Crippen molar-refractivity contribution in [2.24, 2.45) is 0 Å². The minimum absolute atomic E-state index is 0.200. The molecule has 1 N–H and O–H groups in total. The number of rotatable bonds is 6. The molecule has 1 fully saturated rings. The van der Waals surface area contributed by atoms with E-state index >= 15 is 0 Å². The fourth-order valence-electron chi connectivity index (χ4n) is 2.07. The van der Waals surface area contributed by atoms with Gasteiger partial charge in [-0.15, -0.1) is 11.3 Å². The molecular formula is C15H25N3O2S.